The van der Waals surface area contributed by atoms with E-state index in [4.69, 9.17) is 5.11 Å². The number of hydrogen-bond acceptors (Lipinski definition) is 3. The van der Waals surface area contributed by atoms with Gasteiger partial charge in [-0.2, -0.15) is 0 Å². The maximum Gasteiger partial charge on any atom is 0.326 e. The third-order valence-corrected chi connectivity index (χ3v) is 4.29. The number of nitrogens with one attached hydrogen (secondary N) is 1. The third-order valence-electron chi connectivity index (χ3n) is 2.92. The molecule has 0 aliphatic heterocycles. The van der Waals surface area contributed by atoms with Crippen LogP contribution in [0.4, 0.5) is 0 Å². The maximum absolute atomic E-state index is 12.2. The molecular weight excluding hydrogens is 274 g/mol. The molecule has 1 aromatic carbocycles. The fourth-order valence-electron chi connectivity index (χ4n) is 1.75. The number of thioether (sulfide) groups is 1. The molecule has 0 fully saturated rings. The van der Waals surface area contributed by atoms with Crippen molar-refractivity contribution >= 4 is 23.6 Å². The van der Waals surface area contributed by atoms with E-state index in [2.05, 4.69) is 5.32 Å². The van der Waals surface area contributed by atoms with Crippen LogP contribution in [0.15, 0.2) is 35.2 Å². The Kier molecular flexibility index (Phi) is 6.58. The molecular formula is C15H21NO3S. The smallest absolute Gasteiger partial charge is 0.326 e. The monoisotopic (exact) mass is 295 g/mol. The summed E-state index contributed by atoms with van der Waals surface area (Å²) in [6.07, 6.45) is 0.649. The van der Waals surface area contributed by atoms with Crippen LogP contribution < -0.4 is 5.32 Å². The lowest BCUT2D eigenvalue weighted by Gasteiger charge is -2.21. The summed E-state index contributed by atoms with van der Waals surface area (Å²) in [5, 5.41) is 11.5. The van der Waals surface area contributed by atoms with Gasteiger partial charge in [0.15, 0.2) is 0 Å². The van der Waals surface area contributed by atoms with Crippen molar-refractivity contribution < 1.29 is 14.7 Å². The Bertz CT molecular complexity index is 448. The lowest BCUT2D eigenvalue weighted by atomic mass is 10.0. The Labute approximate surface area is 124 Å². The van der Waals surface area contributed by atoms with Crippen molar-refractivity contribution in [1.82, 2.24) is 5.32 Å². The lowest BCUT2D eigenvalue weighted by molar-refractivity contribution is -0.143. The van der Waals surface area contributed by atoms with Crippen molar-refractivity contribution in [1.29, 1.82) is 0 Å². The third kappa shape index (κ3) is 4.89. The lowest BCUT2D eigenvalue weighted by Crippen LogP contribution is -2.47. The second-order valence-corrected chi connectivity index (χ2v) is 6.17. The molecule has 0 bridgehead atoms. The van der Waals surface area contributed by atoms with E-state index in [0.717, 1.165) is 4.90 Å². The number of hydrogen-bond donors (Lipinski definition) is 2. The Hall–Kier alpha value is -1.49. The van der Waals surface area contributed by atoms with Gasteiger partial charge in [-0.05, 0) is 24.5 Å². The van der Waals surface area contributed by atoms with E-state index in [-0.39, 0.29) is 17.1 Å². The number of amides is 1. The zero-order chi connectivity index (χ0) is 15.1. The number of aliphatic carboxylic acids is 1. The summed E-state index contributed by atoms with van der Waals surface area (Å²) >= 11 is 1.46. The summed E-state index contributed by atoms with van der Waals surface area (Å²) in [7, 11) is 0. The molecule has 4 nitrogen and oxygen atoms in total. The van der Waals surface area contributed by atoms with Gasteiger partial charge in [-0.15, -0.1) is 11.8 Å². The molecule has 0 aliphatic rings. The first-order valence-electron chi connectivity index (χ1n) is 6.70. The van der Waals surface area contributed by atoms with E-state index in [9.17, 15) is 9.59 Å². The average molecular weight is 295 g/mol. The minimum atomic E-state index is -0.993. The van der Waals surface area contributed by atoms with Gasteiger partial charge in [0.05, 0.1) is 5.25 Å². The minimum Gasteiger partial charge on any atom is -0.480 e. The normalized spacial score (nSPS) is 13.8. The molecule has 1 rings (SSSR count). The quantitative estimate of drug-likeness (QED) is 0.759. The van der Waals surface area contributed by atoms with Gasteiger partial charge in [0.2, 0.25) is 5.91 Å². The van der Waals surface area contributed by atoms with Crippen LogP contribution in [0.2, 0.25) is 0 Å². The number of carboxylic acids is 1. The fraction of sp³-hybridized carbons (Fsp3) is 0.467. The van der Waals surface area contributed by atoms with E-state index >= 15 is 0 Å². The average Bonchev–Trinajstić information content (AvgIpc) is 2.42. The summed E-state index contributed by atoms with van der Waals surface area (Å²) in [5.74, 6) is -1.36. The number of carbonyl (C=O) groups excluding carboxylic acids is 1. The highest BCUT2D eigenvalue weighted by Crippen LogP contribution is 2.25. The number of benzene rings is 1. The van der Waals surface area contributed by atoms with E-state index in [1.165, 1.54) is 11.8 Å². The van der Waals surface area contributed by atoms with Crippen molar-refractivity contribution in [3.8, 4) is 0 Å². The highest BCUT2D eigenvalue weighted by Gasteiger charge is 2.27. The van der Waals surface area contributed by atoms with Crippen LogP contribution in [-0.4, -0.2) is 28.3 Å². The molecule has 0 spiro atoms. The predicted octanol–water partition coefficient (Wildman–Crippen LogP) is 2.78. The van der Waals surface area contributed by atoms with Gasteiger partial charge in [0.1, 0.15) is 6.04 Å². The van der Waals surface area contributed by atoms with Crippen LogP contribution in [0.5, 0.6) is 0 Å². The first-order chi connectivity index (χ1) is 9.45. The molecule has 0 aliphatic carbocycles. The highest BCUT2D eigenvalue weighted by atomic mass is 32.2. The molecule has 20 heavy (non-hydrogen) atoms. The largest absolute Gasteiger partial charge is 0.480 e. The van der Waals surface area contributed by atoms with Crippen LogP contribution in [0.1, 0.15) is 27.2 Å². The second kappa shape index (κ2) is 7.94. The van der Waals surface area contributed by atoms with Gasteiger partial charge in [-0.3, -0.25) is 4.79 Å². The predicted molar refractivity (Wildman–Crippen MR) is 80.8 cm³/mol. The molecule has 0 saturated heterocycles. The summed E-state index contributed by atoms with van der Waals surface area (Å²) in [6.45, 7) is 5.49. The number of carbonyl (C=O) groups is 2. The molecule has 0 aromatic heterocycles. The molecule has 2 N–H and O–H groups in total. The fourth-order valence-corrected chi connectivity index (χ4v) is 2.73. The molecule has 0 heterocycles. The zero-order valence-electron chi connectivity index (χ0n) is 12.0. The van der Waals surface area contributed by atoms with Crippen LogP contribution in [0.3, 0.4) is 0 Å². The molecule has 5 heteroatoms. The second-order valence-electron chi connectivity index (χ2n) is 4.90. The van der Waals surface area contributed by atoms with Crippen LogP contribution in [0.25, 0.3) is 0 Å². The van der Waals surface area contributed by atoms with Gasteiger partial charge in [-0.1, -0.05) is 39.0 Å². The van der Waals surface area contributed by atoms with E-state index in [0.29, 0.717) is 6.42 Å². The summed E-state index contributed by atoms with van der Waals surface area (Å²) in [4.78, 5) is 24.3. The summed E-state index contributed by atoms with van der Waals surface area (Å²) < 4.78 is 0. The maximum atomic E-state index is 12.2. The van der Waals surface area contributed by atoms with Crippen molar-refractivity contribution in [3.63, 3.8) is 0 Å². The molecule has 2 atom stereocenters. The van der Waals surface area contributed by atoms with E-state index in [1.54, 1.807) is 13.8 Å². The summed E-state index contributed by atoms with van der Waals surface area (Å²) in [5.41, 5.74) is 0. The van der Waals surface area contributed by atoms with Gasteiger partial charge >= 0.3 is 5.97 Å². The SMILES string of the molecule is CCC(Sc1ccccc1)C(=O)N[C@@H](C(=O)O)C(C)C. The van der Waals surface area contributed by atoms with Gasteiger partial charge in [-0.25, -0.2) is 4.79 Å². The Morgan fingerprint density at radius 1 is 1.25 bits per heavy atom. The standard InChI is InChI=1S/C15H21NO3S/c1-4-12(20-11-8-6-5-7-9-11)14(17)16-13(10(2)3)15(18)19/h5-10,12-13H,4H2,1-3H3,(H,16,17)(H,18,19)/t12?,13-/m1/s1. The first-order valence-corrected chi connectivity index (χ1v) is 7.58. The van der Waals surface area contributed by atoms with Gasteiger partial charge in [0.25, 0.3) is 0 Å². The topological polar surface area (TPSA) is 66.4 Å². The number of carboxylic acid groups (broad SMARTS) is 1. The Balaban J connectivity index is 2.69. The van der Waals surface area contributed by atoms with Crippen molar-refractivity contribution in [2.45, 2.75) is 43.4 Å². The molecule has 1 amide bonds. The molecule has 0 radical (unpaired) electrons. The number of rotatable bonds is 7. The molecule has 0 saturated carbocycles. The van der Waals surface area contributed by atoms with E-state index < -0.39 is 12.0 Å². The van der Waals surface area contributed by atoms with Crippen LogP contribution >= 0.6 is 11.8 Å². The van der Waals surface area contributed by atoms with E-state index in [1.807, 2.05) is 37.3 Å². The Morgan fingerprint density at radius 2 is 1.85 bits per heavy atom. The zero-order valence-corrected chi connectivity index (χ0v) is 12.8. The highest BCUT2D eigenvalue weighted by molar-refractivity contribution is 8.00. The van der Waals surface area contributed by atoms with Crippen molar-refractivity contribution in [3.05, 3.63) is 30.3 Å². The van der Waals surface area contributed by atoms with Crippen molar-refractivity contribution in [2.75, 3.05) is 0 Å². The van der Waals surface area contributed by atoms with Crippen molar-refractivity contribution in [2.24, 2.45) is 5.92 Å². The molecule has 1 aromatic rings. The van der Waals surface area contributed by atoms with Crippen LogP contribution in [0, 0.1) is 5.92 Å². The van der Waals surface area contributed by atoms with Gasteiger partial charge < -0.3 is 10.4 Å². The minimum absolute atomic E-state index is 0.143. The molecule has 1 unspecified atom stereocenters. The summed E-state index contributed by atoms with van der Waals surface area (Å²) in [6, 6.07) is 8.80. The first kappa shape index (κ1) is 16.6. The Morgan fingerprint density at radius 3 is 2.30 bits per heavy atom. The van der Waals surface area contributed by atoms with Gasteiger partial charge in [0, 0.05) is 4.90 Å². The van der Waals surface area contributed by atoms with Crippen LogP contribution in [-0.2, 0) is 9.59 Å². The molecule has 110 valence electrons.